The fourth-order valence-electron chi connectivity index (χ4n) is 9.65. The summed E-state index contributed by atoms with van der Waals surface area (Å²) in [6.07, 6.45) is 23.5. The molecule has 43 heavy (non-hydrogen) atoms. The van der Waals surface area contributed by atoms with E-state index in [4.69, 9.17) is 5.73 Å². The van der Waals surface area contributed by atoms with Gasteiger partial charge in [0.25, 0.3) is 0 Å². The zero-order valence-corrected chi connectivity index (χ0v) is 27.1. The van der Waals surface area contributed by atoms with Crippen molar-refractivity contribution in [2.45, 2.75) is 166 Å². The molecule has 9 atom stereocenters. The van der Waals surface area contributed by atoms with E-state index < -0.39 is 23.6 Å². The SMILES string of the molecule is CCCCCC1C=CC(CCCCCC(C(=O)[O-])C(O)CCC2(O)CC(CC3CC[NH2+]C(N)C3)C3(CCCC3)C2)C(O)C1. The zero-order chi connectivity index (χ0) is 30.9. The van der Waals surface area contributed by atoms with Crippen molar-refractivity contribution >= 4 is 5.97 Å². The monoisotopic (exact) mass is 604 g/mol. The fraction of sp³-hybridized carbons (Fsp3) is 0.917. The number of nitrogens with two attached hydrogens (primary N) is 2. The number of rotatable bonds is 17. The van der Waals surface area contributed by atoms with Gasteiger partial charge in [-0.3, -0.25) is 5.73 Å². The van der Waals surface area contributed by atoms with Crippen molar-refractivity contribution in [1.29, 1.82) is 0 Å². The maximum absolute atomic E-state index is 12.0. The lowest BCUT2D eigenvalue weighted by molar-refractivity contribution is -0.699. The lowest BCUT2D eigenvalue weighted by Crippen LogP contribution is -2.94. The van der Waals surface area contributed by atoms with E-state index in [2.05, 4.69) is 24.4 Å². The third kappa shape index (κ3) is 10.00. The second kappa shape index (κ2) is 16.5. The van der Waals surface area contributed by atoms with Crippen LogP contribution in [0.2, 0.25) is 0 Å². The molecule has 9 unspecified atom stereocenters. The van der Waals surface area contributed by atoms with Gasteiger partial charge >= 0.3 is 0 Å². The predicted molar refractivity (Wildman–Crippen MR) is 168 cm³/mol. The molecule has 248 valence electrons. The first-order chi connectivity index (χ1) is 20.6. The van der Waals surface area contributed by atoms with Crippen LogP contribution in [0.1, 0.15) is 142 Å². The van der Waals surface area contributed by atoms with Gasteiger partial charge in [-0.15, -0.1) is 0 Å². The molecule has 0 aromatic rings. The van der Waals surface area contributed by atoms with Crippen LogP contribution in [0, 0.1) is 35.0 Å². The van der Waals surface area contributed by atoms with Crippen molar-refractivity contribution in [3.8, 4) is 0 Å². The average molecular weight is 605 g/mol. The third-order valence-corrected chi connectivity index (χ3v) is 12.1. The molecular formula is C36H64N2O5. The van der Waals surface area contributed by atoms with Crippen LogP contribution in [0.25, 0.3) is 0 Å². The Labute approximate surface area is 261 Å². The first kappa shape index (κ1) is 34.9. The van der Waals surface area contributed by atoms with E-state index >= 15 is 0 Å². The lowest BCUT2D eigenvalue weighted by Gasteiger charge is -2.35. The molecule has 0 aromatic heterocycles. The fourth-order valence-corrected chi connectivity index (χ4v) is 9.65. The molecule has 4 rings (SSSR count). The summed E-state index contributed by atoms with van der Waals surface area (Å²) in [6.45, 7) is 3.30. The first-order valence-electron chi connectivity index (χ1n) is 18.2. The van der Waals surface area contributed by atoms with Crippen LogP contribution >= 0.6 is 0 Å². The van der Waals surface area contributed by atoms with Gasteiger partial charge in [-0.25, -0.2) is 0 Å². The van der Waals surface area contributed by atoms with Crippen molar-refractivity contribution in [3.05, 3.63) is 12.2 Å². The summed E-state index contributed by atoms with van der Waals surface area (Å²) in [5, 5.41) is 47.6. The van der Waals surface area contributed by atoms with Gasteiger partial charge in [-0.05, 0) is 100 Å². The van der Waals surface area contributed by atoms with Crippen molar-refractivity contribution in [2.24, 2.45) is 40.7 Å². The Balaban J connectivity index is 1.19. The number of unbranched alkanes of at least 4 members (excludes halogenated alkanes) is 4. The van der Waals surface area contributed by atoms with Crippen molar-refractivity contribution in [1.82, 2.24) is 0 Å². The number of piperidine rings is 1. The van der Waals surface area contributed by atoms with Gasteiger partial charge in [0.05, 0.1) is 24.4 Å². The highest BCUT2D eigenvalue weighted by Crippen LogP contribution is 2.60. The van der Waals surface area contributed by atoms with Gasteiger partial charge in [-0.2, -0.15) is 0 Å². The standard InChI is InChI=1S/C36H64N2O5/c1-2-3-5-10-26-13-14-28(32(40)22-26)11-6-4-7-12-30(34(41)42)31(39)15-19-36(43)24-29(35(25-36)17-8-9-18-35)21-27-16-20-38-33(37)23-27/h13-14,26-33,38-40,43H,2-12,15-25,37H2,1H3,(H,41,42). The Morgan fingerprint density at radius 3 is 2.53 bits per heavy atom. The Kier molecular flexibility index (Phi) is 13.4. The lowest BCUT2D eigenvalue weighted by atomic mass is 9.71. The first-order valence-corrected chi connectivity index (χ1v) is 18.2. The zero-order valence-electron chi connectivity index (χ0n) is 27.1. The van der Waals surface area contributed by atoms with E-state index in [1.165, 1.54) is 51.4 Å². The molecule has 2 saturated carbocycles. The van der Waals surface area contributed by atoms with Gasteiger partial charge in [0.2, 0.25) is 0 Å². The quantitative estimate of drug-likeness (QED) is 0.126. The van der Waals surface area contributed by atoms with E-state index in [0.717, 1.165) is 70.8 Å². The molecule has 3 aliphatic carbocycles. The summed E-state index contributed by atoms with van der Waals surface area (Å²) in [5.74, 6) is -0.269. The normalized spacial score (nSPS) is 35.4. The predicted octanol–water partition coefficient (Wildman–Crippen LogP) is 3.93. The Bertz CT molecular complexity index is 876. The summed E-state index contributed by atoms with van der Waals surface area (Å²) >= 11 is 0. The van der Waals surface area contributed by atoms with Crippen molar-refractivity contribution in [3.63, 3.8) is 0 Å². The molecule has 1 saturated heterocycles. The summed E-state index contributed by atoms with van der Waals surface area (Å²) in [7, 11) is 0. The molecule has 4 aliphatic rings. The van der Waals surface area contributed by atoms with Crippen molar-refractivity contribution < 1.29 is 30.5 Å². The van der Waals surface area contributed by atoms with E-state index in [-0.39, 0.29) is 23.6 Å². The Morgan fingerprint density at radius 2 is 1.84 bits per heavy atom. The van der Waals surface area contributed by atoms with Crippen LogP contribution in [-0.2, 0) is 4.79 Å². The van der Waals surface area contributed by atoms with Crippen molar-refractivity contribution in [2.75, 3.05) is 6.54 Å². The summed E-state index contributed by atoms with van der Waals surface area (Å²) in [4.78, 5) is 12.0. The number of aliphatic hydroxyl groups is 3. The van der Waals surface area contributed by atoms with Crippen LogP contribution in [0.15, 0.2) is 12.2 Å². The second-order valence-corrected chi connectivity index (χ2v) is 15.5. The molecule has 3 fully saturated rings. The van der Waals surface area contributed by atoms with Crippen LogP contribution in [0.4, 0.5) is 0 Å². The van der Waals surface area contributed by atoms with Gasteiger partial charge in [0, 0.05) is 24.2 Å². The molecule has 0 bridgehead atoms. The maximum atomic E-state index is 12.0. The minimum Gasteiger partial charge on any atom is -0.550 e. The third-order valence-electron chi connectivity index (χ3n) is 12.1. The number of hydrogen-bond donors (Lipinski definition) is 5. The summed E-state index contributed by atoms with van der Waals surface area (Å²) < 4.78 is 0. The molecule has 0 radical (unpaired) electrons. The molecule has 7 nitrogen and oxygen atoms in total. The number of carbonyl (C=O) groups excluding carboxylic acids is 1. The average Bonchev–Trinajstić information content (AvgIpc) is 3.54. The summed E-state index contributed by atoms with van der Waals surface area (Å²) in [5.41, 5.74) is 5.63. The minimum absolute atomic E-state index is 0.192. The number of hydrogen-bond acceptors (Lipinski definition) is 6. The smallest absolute Gasteiger partial charge is 0.137 e. The van der Waals surface area contributed by atoms with Crippen LogP contribution in [0.3, 0.4) is 0 Å². The van der Waals surface area contributed by atoms with Crippen LogP contribution in [0.5, 0.6) is 0 Å². The molecule has 7 heteroatoms. The topological polar surface area (TPSA) is 143 Å². The minimum atomic E-state index is -1.18. The van der Waals surface area contributed by atoms with Gasteiger partial charge < -0.3 is 30.5 Å². The van der Waals surface area contributed by atoms with Gasteiger partial charge in [0.15, 0.2) is 0 Å². The number of carbonyl (C=O) groups is 1. The maximum Gasteiger partial charge on any atom is 0.137 e. The number of aliphatic carboxylic acids is 1. The highest BCUT2D eigenvalue weighted by Gasteiger charge is 2.54. The molecule has 1 heterocycles. The van der Waals surface area contributed by atoms with Crippen LogP contribution < -0.4 is 16.2 Å². The molecular weight excluding hydrogens is 540 g/mol. The van der Waals surface area contributed by atoms with E-state index in [1.54, 1.807) is 0 Å². The molecule has 0 amide bonds. The number of allylic oxidation sites excluding steroid dienone is 1. The molecule has 1 aliphatic heterocycles. The Hall–Kier alpha value is -0.990. The largest absolute Gasteiger partial charge is 0.550 e. The van der Waals surface area contributed by atoms with Gasteiger partial charge in [0.1, 0.15) is 6.17 Å². The van der Waals surface area contributed by atoms with E-state index in [1.807, 2.05) is 0 Å². The van der Waals surface area contributed by atoms with Gasteiger partial charge in [-0.1, -0.05) is 70.4 Å². The molecule has 7 N–H and O–H groups in total. The van der Waals surface area contributed by atoms with E-state index in [0.29, 0.717) is 37.0 Å². The number of quaternary nitrogens is 1. The number of carboxylic acids is 1. The highest BCUT2D eigenvalue weighted by atomic mass is 16.4. The summed E-state index contributed by atoms with van der Waals surface area (Å²) in [6, 6.07) is 0. The second-order valence-electron chi connectivity index (χ2n) is 15.5. The van der Waals surface area contributed by atoms with Crippen LogP contribution in [-0.4, -0.2) is 51.8 Å². The molecule has 0 aromatic carbocycles. The molecule has 1 spiro atoms. The number of aliphatic hydroxyl groups excluding tert-OH is 2. The highest BCUT2D eigenvalue weighted by molar-refractivity contribution is 5.68. The van der Waals surface area contributed by atoms with E-state index in [9.17, 15) is 25.2 Å². The Morgan fingerprint density at radius 1 is 1.07 bits per heavy atom. The number of carboxylic acid groups (broad SMARTS) is 1.